The quantitative estimate of drug-likeness (QED) is 0.563. The maximum atomic E-state index is 14.5. The van der Waals surface area contributed by atoms with Crippen LogP contribution in [0, 0.1) is 5.82 Å². The molecule has 0 aliphatic carbocycles. The molecule has 4 heterocycles. The van der Waals surface area contributed by atoms with Gasteiger partial charge in [-0.25, -0.2) is 14.4 Å². The van der Waals surface area contributed by atoms with E-state index in [1.807, 2.05) is 18.3 Å². The second kappa shape index (κ2) is 6.68. The Hall–Kier alpha value is -2.77. The lowest BCUT2D eigenvalue weighted by Gasteiger charge is -2.29. The Morgan fingerprint density at radius 1 is 1.14 bits per heavy atom. The highest BCUT2D eigenvalue weighted by Crippen LogP contribution is 2.31. The lowest BCUT2D eigenvalue weighted by molar-refractivity contribution is 0.589. The zero-order valence-electron chi connectivity index (χ0n) is 15.3. The Balaban J connectivity index is 1.59. The van der Waals surface area contributed by atoms with E-state index in [2.05, 4.69) is 25.3 Å². The molecule has 0 unspecified atom stereocenters. The number of rotatable bonds is 2. The molecule has 0 amide bonds. The molecule has 8 heteroatoms. The lowest BCUT2D eigenvalue weighted by Crippen LogP contribution is -2.43. The molecule has 1 fully saturated rings. The zero-order chi connectivity index (χ0) is 19.3. The second-order valence-electron chi connectivity index (χ2n) is 6.99. The molecule has 1 saturated heterocycles. The first-order valence-corrected chi connectivity index (χ1v) is 9.51. The maximum absolute atomic E-state index is 14.5. The maximum Gasteiger partial charge on any atom is 0.161 e. The molecule has 0 saturated carbocycles. The number of benzene rings is 1. The predicted octanol–water partition coefficient (Wildman–Crippen LogP) is 3.39. The normalized spacial score (nSPS) is 14.9. The van der Waals surface area contributed by atoms with E-state index in [4.69, 9.17) is 11.6 Å². The molecule has 1 aliphatic heterocycles. The molecule has 0 radical (unpaired) electrons. The van der Waals surface area contributed by atoms with Crippen LogP contribution in [-0.2, 0) is 7.05 Å². The van der Waals surface area contributed by atoms with Crippen molar-refractivity contribution in [2.24, 2.45) is 7.05 Å². The summed E-state index contributed by atoms with van der Waals surface area (Å²) in [5.74, 6) is -0.381. The van der Waals surface area contributed by atoms with Gasteiger partial charge in [-0.1, -0.05) is 11.6 Å². The largest absolute Gasteiger partial charge is 0.368 e. The fourth-order valence-electron chi connectivity index (χ4n) is 3.66. The first-order valence-electron chi connectivity index (χ1n) is 9.14. The molecule has 0 atom stereocenters. The van der Waals surface area contributed by atoms with Gasteiger partial charge in [0.05, 0.1) is 22.6 Å². The third kappa shape index (κ3) is 2.96. The summed E-state index contributed by atoms with van der Waals surface area (Å²) >= 11 is 6.56. The van der Waals surface area contributed by atoms with Crippen molar-refractivity contribution in [1.29, 1.82) is 0 Å². The summed E-state index contributed by atoms with van der Waals surface area (Å²) in [6.07, 6.45) is 3.61. The number of piperazine rings is 1. The first-order chi connectivity index (χ1) is 13.6. The van der Waals surface area contributed by atoms with Gasteiger partial charge in [0.15, 0.2) is 11.5 Å². The van der Waals surface area contributed by atoms with Gasteiger partial charge in [0.1, 0.15) is 5.52 Å². The Bertz CT molecular complexity index is 1200. The van der Waals surface area contributed by atoms with Crippen LogP contribution in [0.1, 0.15) is 0 Å². The number of fused-ring (bicyclic) bond motifs is 2. The van der Waals surface area contributed by atoms with Crippen molar-refractivity contribution in [3.05, 3.63) is 47.5 Å². The van der Waals surface area contributed by atoms with Gasteiger partial charge in [0.25, 0.3) is 0 Å². The van der Waals surface area contributed by atoms with Crippen molar-refractivity contribution in [2.75, 3.05) is 31.1 Å². The molecule has 3 aromatic heterocycles. The van der Waals surface area contributed by atoms with Crippen LogP contribution in [-0.4, -0.2) is 45.9 Å². The number of halogens is 2. The van der Waals surface area contributed by atoms with E-state index in [0.29, 0.717) is 27.4 Å². The van der Waals surface area contributed by atoms with Crippen molar-refractivity contribution >= 4 is 39.2 Å². The number of nitrogens with zero attached hydrogens (tertiary/aromatic N) is 5. The van der Waals surface area contributed by atoms with E-state index in [1.54, 1.807) is 24.0 Å². The summed E-state index contributed by atoms with van der Waals surface area (Å²) in [4.78, 5) is 11.4. The number of anilines is 1. The van der Waals surface area contributed by atoms with Crippen molar-refractivity contribution in [3.63, 3.8) is 0 Å². The average Bonchev–Trinajstić information content (AvgIpc) is 3.09. The van der Waals surface area contributed by atoms with Crippen LogP contribution in [0.5, 0.6) is 0 Å². The van der Waals surface area contributed by atoms with Crippen molar-refractivity contribution in [2.45, 2.75) is 0 Å². The smallest absolute Gasteiger partial charge is 0.161 e. The summed E-state index contributed by atoms with van der Waals surface area (Å²) in [5, 5.41) is 9.55. The van der Waals surface area contributed by atoms with E-state index in [0.717, 1.165) is 42.6 Å². The number of aryl methyl sites for hydroxylation is 1. The second-order valence-corrected chi connectivity index (χ2v) is 7.40. The first kappa shape index (κ1) is 17.3. The van der Waals surface area contributed by atoms with E-state index >= 15 is 0 Å². The minimum atomic E-state index is -0.381. The van der Waals surface area contributed by atoms with Gasteiger partial charge in [-0.05, 0) is 24.3 Å². The van der Waals surface area contributed by atoms with Crippen LogP contribution >= 0.6 is 11.6 Å². The molecular weight excluding hydrogens is 379 g/mol. The highest BCUT2D eigenvalue weighted by atomic mass is 35.5. The molecule has 1 aromatic carbocycles. The summed E-state index contributed by atoms with van der Waals surface area (Å²) in [6.45, 7) is 3.76. The molecule has 0 bridgehead atoms. The third-order valence-electron chi connectivity index (χ3n) is 5.05. The molecule has 142 valence electrons. The predicted molar refractivity (Wildman–Crippen MR) is 109 cm³/mol. The van der Waals surface area contributed by atoms with Gasteiger partial charge in [-0.2, -0.15) is 5.10 Å². The number of pyridine rings is 2. The molecule has 28 heavy (non-hydrogen) atoms. The number of nitrogens with one attached hydrogen (secondary N) is 1. The van der Waals surface area contributed by atoms with Crippen LogP contribution in [0.3, 0.4) is 0 Å². The van der Waals surface area contributed by atoms with Crippen LogP contribution in [0.15, 0.2) is 36.7 Å². The van der Waals surface area contributed by atoms with Crippen molar-refractivity contribution < 1.29 is 4.39 Å². The molecule has 6 nitrogen and oxygen atoms in total. The van der Waals surface area contributed by atoms with Crippen LogP contribution in [0.4, 0.5) is 10.1 Å². The van der Waals surface area contributed by atoms with Crippen LogP contribution < -0.4 is 10.2 Å². The minimum Gasteiger partial charge on any atom is -0.368 e. The third-order valence-corrected chi connectivity index (χ3v) is 5.37. The Morgan fingerprint density at radius 2 is 1.96 bits per heavy atom. The lowest BCUT2D eigenvalue weighted by atomic mass is 10.1. The topological polar surface area (TPSA) is 58.9 Å². The summed E-state index contributed by atoms with van der Waals surface area (Å²) in [7, 11) is 1.77. The van der Waals surface area contributed by atoms with Crippen molar-refractivity contribution in [3.8, 4) is 11.3 Å². The highest BCUT2D eigenvalue weighted by molar-refractivity contribution is 6.35. The molecule has 5 rings (SSSR count). The summed E-state index contributed by atoms with van der Waals surface area (Å²) in [6, 6.07) is 7.10. The van der Waals surface area contributed by atoms with E-state index in [9.17, 15) is 4.39 Å². The molecule has 0 spiro atoms. The summed E-state index contributed by atoms with van der Waals surface area (Å²) in [5.41, 5.74) is 3.16. The van der Waals surface area contributed by atoms with Crippen LogP contribution in [0.2, 0.25) is 5.02 Å². The molecule has 4 aromatic rings. The molecular formula is C20H18ClFN6. The standard InChI is InChI=1S/C20H18ClFN6/c1-27-11-13-6-12(7-17(22)19(13)26-27)18-9-16(21)15-8-14(10-24-20(15)25-18)28-4-2-23-3-5-28/h6-11,23H,2-5H2,1H3. The summed E-state index contributed by atoms with van der Waals surface area (Å²) < 4.78 is 16.1. The van der Waals surface area contributed by atoms with Gasteiger partial charge in [-0.3, -0.25) is 4.68 Å². The fraction of sp³-hybridized carbons (Fsp3) is 0.250. The molecule has 1 N–H and O–H groups in total. The Kier molecular flexibility index (Phi) is 4.14. The Labute approximate surface area is 165 Å². The zero-order valence-corrected chi connectivity index (χ0v) is 16.0. The molecule has 1 aliphatic rings. The number of aromatic nitrogens is 4. The number of hydrogen-bond donors (Lipinski definition) is 1. The van der Waals surface area contributed by atoms with Crippen molar-refractivity contribution in [1.82, 2.24) is 25.1 Å². The number of hydrogen-bond acceptors (Lipinski definition) is 5. The Morgan fingerprint density at radius 3 is 2.79 bits per heavy atom. The van der Waals surface area contributed by atoms with Gasteiger partial charge < -0.3 is 10.2 Å². The van der Waals surface area contributed by atoms with E-state index < -0.39 is 0 Å². The monoisotopic (exact) mass is 396 g/mol. The van der Waals surface area contributed by atoms with Gasteiger partial charge >= 0.3 is 0 Å². The average molecular weight is 397 g/mol. The van der Waals surface area contributed by atoms with E-state index in [1.165, 1.54) is 6.07 Å². The van der Waals surface area contributed by atoms with Gasteiger partial charge in [-0.15, -0.1) is 0 Å². The van der Waals surface area contributed by atoms with E-state index in [-0.39, 0.29) is 5.82 Å². The van der Waals surface area contributed by atoms with Crippen LogP contribution in [0.25, 0.3) is 33.2 Å². The highest BCUT2D eigenvalue weighted by Gasteiger charge is 2.15. The SMILES string of the molecule is Cn1cc2cc(-c3cc(Cl)c4cc(N5CCNCC5)cnc4n3)cc(F)c2n1. The van der Waals surface area contributed by atoms with Gasteiger partial charge in [0, 0.05) is 55.8 Å². The van der Waals surface area contributed by atoms with Gasteiger partial charge in [0.2, 0.25) is 0 Å². The minimum absolute atomic E-state index is 0.344. The fourth-order valence-corrected chi connectivity index (χ4v) is 3.90.